The molecule has 3 rings (SSSR count). The quantitative estimate of drug-likeness (QED) is 0.783. The van der Waals surface area contributed by atoms with E-state index in [0.717, 1.165) is 0 Å². The first-order valence-electron chi connectivity index (χ1n) is 8.23. The van der Waals surface area contributed by atoms with E-state index in [4.69, 9.17) is 0 Å². The topological polar surface area (TPSA) is 101 Å². The molecule has 1 amide bonds. The summed E-state index contributed by atoms with van der Waals surface area (Å²) in [5.74, 6) is -0.136. The van der Waals surface area contributed by atoms with Gasteiger partial charge in [0.2, 0.25) is 5.95 Å². The van der Waals surface area contributed by atoms with Crippen LogP contribution in [0.15, 0.2) is 36.7 Å². The summed E-state index contributed by atoms with van der Waals surface area (Å²) in [6.07, 6.45) is 3.65. The molecule has 9 heteroatoms. The molecule has 1 aliphatic heterocycles. The molecule has 2 heterocycles. The van der Waals surface area contributed by atoms with Crippen molar-refractivity contribution in [3.8, 4) is 0 Å². The Morgan fingerprint density at radius 2 is 1.96 bits per heavy atom. The number of nitrogens with one attached hydrogen (secondary N) is 2. The predicted octanol–water partition coefficient (Wildman–Crippen LogP) is 1.19. The molecule has 0 aliphatic carbocycles. The number of benzene rings is 1. The molecular formula is C17H19FN4O3S. The third kappa shape index (κ3) is 4.75. The molecule has 1 aromatic heterocycles. The number of sulfone groups is 1. The van der Waals surface area contributed by atoms with E-state index in [1.165, 1.54) is 18.5 Å². The number of halogens is 1. The molecule has 26 heavy (non-hydrogen) atoms. The van der Waals surface area contributed by atoms with Gasteiger partial charge < -0.3 is 10.6 Å². The van der Waals surface area contributed by atoms with Gasteiger partial charge in [0.15, 0.2) is 9.84 Å². The smallest absolute Gasteiger partial charge is 0.254 e. The fourth-order valence-corrected chi connectivity index (χ4v) is 4.40. The van der Waals surface area contributed by atoms with Crippen LogP contribution >= 0.6 is 0 Å². The van der Waals surface area contributed by atoms with Crippen molar-refractivity contribution in [2.45, 2.75) is 18.9 Å². The van der Waals surface area contributed by atoms with Crippen LogP contribution in [0.5, 0.6) is 0 Å². The van der Waals surface area contributed by atoms with Crippen LogP contribution in [-0.2, 0) is 16.3 Å². The van der Waals surface area contributed by atoms with Crippen molar-refractivity contribution in [2.75, 3.05) is 23.4 Å². The number of anilines is 1. The molecule has 2 N–H and O–H groups in total. The maximum absolute atomic E-state index is 13.5. The van der Waals surface area contributed by atoms with E-state index in [2.05, 4.69) is 20.6 Å². The Bertz CT molecular complexity index is 887. The lowest BCUT2D eigenvalue weighted by Crippen LogP contribution is -2.26. The lowest BCUT2D eigenvalue weighted by molar-refractivity contribution is 0.0953. The van der Waals surface area contributed by atoms with Gasteiger partial charge in [-0.1, -0.05) is 18.2 Å². The highest BCUT2D eigenvalue weighted by atomic mass is 32.2. The van der Waals surface area contributed by atoms with Crippen molar-refractivity contribution < 1.29 is 17.6 Å². The standard InChI is InChI=1S/C17H19FN4O3S/c18-15-4-2-1-3-12(15)5-7-19-16(23)13-9-20-17(21-10-13)22-14-6-8-26(24,25)11-14/h1-4,9-10,14H,5-8,11H2,(H,19,23)(H,20,21,22). The zero-order chi connectivity index (χ0) is 18.6. The van der Waals surface area contributed by atoms with Crippen molar-refractivity contribution in [1.82, 2.24) is 15.3 Å². The van der Waals surface area contributed by atoms with E-state index >= 15 is 0 Å². The van der Waals surface area contributed by atoms with Crippen molar-refractivity contribution in [1.29, 1.82) is 0 Å². The lowest BCUT2D eigenvalue weighted by Gasteiger charge is -2.10. The van der Waals surface area contributed by atoms with E-state index in [0.29, 0.717) is 24.9 Å². The van der Waals surface area contributed by atoms with Gasteiger partial charge in [0.1, 0.15) is 5.82 Å². The number of hydrogen-bond donors (Lipinski definition) is 2. The summed E-state index contributed by atoms with van der Waals surface area (Å²) in [6, 6.07) is 6.21. The largest absolute Gasteiger partial charge is 0.352 e. The molecule has 1 aliphatic rings. The van der Waals surface area contributed by atoms with Crippen LogP contribution in [0, 0.1) is 5.82 Å². The number of aromatic nitrogens is 2. The number of rotatable bonds is 6. The minimum atomic E-state index is -2.98. The van der Waals surface area contributed by atoms with Gasteiger partial charge in [0.05, 0.1) is 17.1 Å². The Hall–Kier alpha value is -2.55. The molecule has 138 valence electrons. The van der Waals surface area contributed by atoms with Gasteiger partial charge >= 0.3 is 0 Å². The molecule has 1 fully saturated rings. The van der Waals surface area contributed by atoms with Crippen LogP contribution < -0.4 is 10.6 Å². The molecule has 0 saturated carbocycles. The summed E-state index contributed by atoms with van der Waals surface area (Å²) < 4.78 is 36.4. The zero-order valence-corrected chi connectivity index (χ0v) is 14.8. The lowest BCUT2D eigenvalue weighted by atomic mass is 10.1. The van der Waals surface area contributed by atoms with Crippen LogP contribution in [0.4, 0.5) is 10.3 Å². The van der Waals surface area contributed by atoms with Crippen LogP contribution in [-0.4, -0.2) is 48.4 Å². The third-order valence-electron chi connectivity index (χ3n) is 4.12. The maximum atomic E-state index is 13.5. The highest BCUT2D eigenvalue weighted by Crippen LogP contribution is 2.15. The minimum absolute atomic E-state index is 0.0641. The van der Waals surface area contributed by atoms with E-state index in [-0.39, 0.29) is 40.8 Å². The Morgan fingerprint density at radius 1 is 1.23 bits per heavy atom. The first kappa shape index (κ1) is 18.2. The molecule has 0 bridgehead atoms. The molecule has 0 radical (unpaired) electrons. The summed E-state index contributed by atoms with van der Waals surface area (Å²) in [5.41, 5.74) is 0.818. The zero-order valence-electron chi connectivity index (χ0n) is 14.0. The second-order valence-corrected chi connectivity index (χ2v) is 8.37. The van der Waals surface area contributed by atoms with Gasteiger partial charge in [-0.15, -0.1) is 0 Å². The fourth-order valence-electron chi connectivity index (χ4n) is 2.73. The fraction of sp³-hybridized carbons (Fsp3) is 0.353. The summed E-state index contributed by atoms with van der Waals surface area (Å²) >= 11 is 0. The minimum Gasteiger partial charge on any atom is -0.352 e. The Balaban J connectivity index is 1.50. The highest BCUT2D eigenvalue weighted by Gasteiger charge is 2.28. The number of amides is 1. The highest BCUT2D eigenvalue weighted by molar-refractivity contribution is 7.91. The first-order valence-corrected chi connectivity index (χ1v) is 10.1. The maximum Gasteiger partial charge on any atom is 0.254 e. The second kappa shape index (κ2) is 7.77. The van der Waals surface area contributed by atoms with Gasteiger partial charge in [-0.2, -0.15) is 0 Å². The first-order chi connectivity index (χ1) is 12.4. The SMILES string of the molecule is O=C(NCCc1ccccc1F)c1cnc(NC2CCS(=O)(=O)C2)nc1. The Kier molecular flexibility index (Phi) is 5.46. The van der Waals surface area contributed by atoms with Crippen LogP contribution in [0.3, 0.4) is 0 Å². The van der Waals surface area contributed by atoms with Gasteiger partial charge in [0, 0.05) is 25.0 Å². The number of nitrogens with zero attached hydrogens (tertiary/aromatic N) is 2. The predicted molar refractivity (Wildman–Crippen MR) is 95.2 cm³/mol. The van der Waals surface area contributed by atoms with Gasteiger partial charge in [-0.25, -0.2) is 22.8 Å². The average molecular weight is 378 g/mol. The Labute approximate surface area is 151 Å². The van der Waals surface area contributed by atoms with Crippen LogP contribution in [0.2, 0.25) is 0 Å². The van der Waals surface area contributed by atoms with Crippen molar-refractivity contribution in [3.05, 3.63) is 53.6 Å². The molecular weight excluding hydrogens is 359 g/mol. The number of carbonyl (C=O) groups is 1. The normalized spacial score (nSPS) is 18.4. The molecule has 1 unspecified atom stereocenters. The molecule has 2 aromatic rings. The van der Waals surface area contributed by atoms with Crippen LogP contribution in [0.25, 0.3) is 0 Å². The number of hydrogen-bond acceptors (Lipinski definition) is 6. The van der Waals surface area contributed by atoms with Crippen molar-refractivity contribution in [3.63, 3.8) is 0 Å². The molecule has 1 atom stereocenters. The Morgan fingerprint density at radius 3 is 2.62 bits per heavy atom. The summed E-state index contributed by atoms with van der Waals surface area (Å²) in [7, 11) is -2.98. The van der Waals surface area contributed by atoms with E-state index < -0.39 is 9.84 Å². The van der Waals surface area contributed by atoms with Gasteiger partial charge in [0.25, 0.3) is 5.91 Å². The molecule has 1 saturated heterocycles. The average Bonchev–Trinajstić information content (AvgIpc) is 2.95. The van der Waals surface area contributed by atoms with Crippen molar-refractivity contribution >= 4 is 21.7 Å². The number of carbonyl (C=O) groups excluding carboxylic acids is 1. The second-order valence-electron chi connectivity index (χ2n) is 6.14. The molecule has 1 aromatic carbocycles. The summed E-state index contributed by atoms with van der Waals surface area (Å²) in [6.45, 7) is 0.291. The third-order valence-corrected chi connectivity index (χ3v) is 5.89. The van der Waals surface area contributed by atoms with Crippen molar-refractivity contribution in [2.24, 2.45) is 0 Å². The monoisotopic (exact) mass is 378 g/mol. The van der Waals surface area contributed by atoms with E-state index in [9.17, 15) is 17.6 Å². The summed E-state index contributed by atoms with van der Waals surface area (Å²) in [5, 5.41) is 5.65. The van der Waals surface area contributed by atoms with Gasteiger partial charge in [-0.05, 0) is 24.5 Å². The van der Waals surface area contributed by atoms with E-state index in [1.54, 1.807) is 18.2 Å². The summed E-state index contributed by atoms with van der Waals surface area (Å²) in [4.78, 5) is 20.2. The molecule has 7 nitrogen and oxygen atoms in total. The van der Waals surface area contributed by atoms with E-state index in [1.807, 2.05) is 0 Å². The molecule has 0 spiro atoms. The van der Waals surface area contributed by atoms with Crippen LogP contribution in [0.1, 0.15) is 22.3 Å². The van der Waals surface area contributed by atoms with Gasteiger partial charge in [-0.3, -0.25) is 4.79 Å².